The number of carbonyl (C=O) groups is 1. The molecule has 0 aromatic heterocycles. The van der Waals surface area contributed by atoms with Gasteiger partial charge in [0.15, 0.2) is 17.5 Å². The maximum absolute atomic E-state index is 13.1. The molecule has 8 heteroatoms. The van der Waals surface area contributed by atoms with Crippen molar-refractivity contribution >= 4 is 5.91 Å². The second-order valence-electron chi connectivity index (χ2n) is 3.42. The van der Waals surface area contributed by atoms with Gasteiger partial charge in [-0.2, -0.15) is 0 Å². The average molecular weight is 269 g/mol. The maximum Gasteiger partial charge on any atom is 0.287 e. The van der Waals surface area contributed by atoms with E-state index in [4.69, 9.17) is 5.11 Å². The number of carbonyl (C=O) groups excluding carboxylic acids is 1. The topological polar surface area (TPSA) is 49.3 Å². The summed E-state index contributed by atoms with van der Waals surface area (Å²) in [5, 5.41) is 9.83. The van der Waals surface area contributed by atoms with Crippen LogP contribution in [0.2, 0.25) is 0 Å². The normalized spacial score (nSPS) is 11.4. The Morgan fingerprint density at radius 3 is 2.39 bits per heavy atom. The van der Waals surface area contributed by atoms with Crippen LogP contribution >= 0.6 is 0 Å². The third-order valence-corrected chi connectivity index (χ3v) is 2.02. The second-order valence-corrected chi connectivity index (χ2v) is 3.42. The highest BCUT2D eigenvalue weighted by Gasteiger charge is 2.29. The molecule has 0 fully saturated rings. The van der Waals surface area contributed by atoms with Gasteiger partial charge in [-0.1, -0.05) is 0 Å². The minimum atomic E-state index is -3.58. The number of halogens is 5. The largest absolute Gasteiger partial charge is 0.390 e. The molecule has 0 saturated carbocycles. The predicted octanol–water partition coefficient (Wildman–Crippen LogP) is 1.46. The van der Waals surface area contributed by atoms with Gasteiger partial charge in [-0.3, -0.25) is 4.79 Å². The first-order chi connectivity index (χ1) is 8.28. The molecule has 0 saturated heterocycles. The van der Waals surface area contributed by atoms with Crippen molar-refractivity contribution < 1.29 is 31.9 Å². The highest BCUT2D eigenvalue weighted by molar-refractivity contribution is 5.94. The van der Waals surface area contributed by atoms with Gasteiger partial charge in [0, 0.05) is 0 Å². The Labute approximate surface area is 98.2 Å². The molecule has 0 radical (unpaired) electrons. The average Bonchev–Trinajstić information content (AvgIpc) is 2.33. The van der Waals surface area contributed by atoms with E-state index in [2.05, 4.69) is 0 Å². The second kappa shape index (κ2) is 5.30. The molecule has 1 amide bonds. The van der Waals surface area contributed by atoms with E-state index in [-0.39, 0.29) is 0 Å². The molecule has 0 aliphatic heterocycles. The Kier molecular flexibility index (Phi) is 4.23. The fourth-order valence-corrected chi connectivity index (χ4v) is 1.06. The molecule has 100 valence electrons. The molecule has 1 rings (SSSR count). The molecule has 1 aromatic rings. The van der Waals surface area contributed by atoms with Crippen molar-refractivity contribution in [1.29, 1.82) is 0 Å². The van der Waals surface area contributed by atoms with Crippen LogP contribution < -0.4 is 5.32 Å². The van der Waals surface area contributed by atoms with E-state index in [1.165, 1.54) is 0 Å². The minimum absolute atomic E-state index is 0.498. The lowest BCUT2D eigenvalue weighted by atomic mass is 10.2. The number of benzene rings is 1. The van der Waals surface area contributed by atoms with Gasteiger partial charge in [-0.25, -0.2) is 22.0 Å². The fraction of sp³-hybridized carbons (Fsp3) is 0.300. The first-order valence-corrected chi connectivity index (χ1v) is 4.69. The SMILES string of the molecule is O=C(NCC(F)(F)CO)c1ccc(F)c(F)c1F. The fourth-order valence-electron chi connectivity index (χ4n) is 1.06. The van der Waals surface area contributed by atoms with Crippen LogP contribution in [0.4, 0.5) is 22.0 Å². The first-order valence-electron chi connectivity index (χ1n) is 4.69. The molecule has 0 heterocycles. The van der Waals surface area contributed by atoms with Crippen molar-refractivity contribution in [1.82, 2.24) is 5.32 Å². The standard InChI is InChI=1S/C10H8F5NO2/c11-6-2-1-5(7(12)8(6)13)9(18)16-3-10(14,15)4-17/h1-2,17H,3-4H2,(H,16,18). The number of aliphatic hydroxyl groups is 1. The zero-order valence-electron chi connectivity index (χ0n) is 8.81. The number of nitrogens with one attached hydrogen (secondary N) is 1. The van der Waals surface area contributed by atoms with Crippen molar-refractivity contribution in [3.63, 3.8) is 0 Å². The highest BCUT2D eigenvalue weighted by atomic mass is 19.3. The zero-order chi connectivity index (χ0) is 13.9. The lowest BCUT2D eigenvalue weighted by molar-refractivity contribution is -0.0462. The first kappa shape index (κ1) is 14.4. The van der Waals surface area contributed by atoms with Crippen LogP contribution in [0.5, 0.6) is 0 Å². The summed E-state index contributed by atoms with van der Waals surface area (Å²) >= 11 is 0. The molecule has 0 spiro atoms. The summed E-state index contributed by atoms with van der Waals surface area (Å²) in [5.74, 6) is -10.0. The summed E-state index contributed by atoms with van der Waals surface area (Å²) < 4.78 is 63.6. The predicted molar refractivity (Wildman–Crippen MR) is 50.7 cm³/mol. The molecule has 0 aliphatic rings. The van der Waals surface area contributed by atoms with Gasteiger partial charge in [0.25, 0.3) is 11.8 Å². The lowest BCUT2D eigenvalue weighted by Gasteiger charge is -2.14. The molecular formula is C10H8F5NO2. The number of rotatable bonds is 4. The van der Waals surface area contributed by atoms with E-state index in [1.807, 2.05) is 0 Å². The van der Waals surface area contributed by atoms with E-state index >= 15 is 0 Å². The molecule has 3 nitrogen and oxygen atoms in total. The van der Waals surface area contributed by atoms with E-state index in [0.717, 1.165) is 0 Å². The molecule has 2 N–H and O–H groups in total. The van der Waals surface area contributed by atoms with Crippen molar-refractivity contribution in [2.45, 2.75) is 5.92 Å². The van der Waals surface area contributed by atoms with Crippen molar-refractivity contribution in [3.8, 4) is 0 Å². The maximum atomic E-state index is 13.1. The van der Waals surface area contributed by atoms with Crippen LogP contribution in [0.25, 0.3) is 0 Å². The summed E-state index contributed by atoms with van der Waals surface area (Å²) in [6.07, 6.45) is 0. The Bertz CT molecular complexity index is 464. The summed E-state index contributed by atoms with van der Waals surface area (Å²) in [7, 11) is 0. The van der Waals surface area contributed by atoms with E-state index in [9.17, 15) is 26.7 Å². The van der Waals surface area contributed by atoms with Crippen molar-refractivity contribution in [3.05, 3.63) is 35.1 Å². The number of aliphatic hydroxyl groups excluding tert-OH is 1. The Hall–Kier alpha value is -1.70. The summed E-state index contributed by atoms with van der Waals surface area (Å²) in [5.41, 5.74) is -0.900. The molecule has 0 atom stereocenters. The van der Waals surface area contributed by atoms with E-state index < -0.39 is 48.0 Å². The monoisotopic (exact) mass is 269 g/mol. The van der Waals surface area contributed by atoms with E-state index in [0.29, 0.717) is 12.1 Å². The Morgan fingerprint density at radius 1 is 1.22 bits per heavy atom. The van der Waals surface area contributed by atoms with Gasteiger partial charge in [-0.05, 0) is 12.1 Å². The third kappa shape index (κ3) is 3.16. The van der Waals surface area contributed by atoms with Crippen LogP contribution in [0.15, 0.2) is 12.1 Å². The number of hydrogen-bond donors (Lipinski definition) is 2. The van der Waals surface area contributed by atoms with Crippen LogP contribution in [0.1, 0.15) is 10.4 Å². The van der Waals surface area contributed by atoms with Crippen LogP contribution in [0.3, 0.4) is 0 Å². The van der Waals surface area contributed by atoms with Gasteiger partial charge >= 0.3 is 0 Å². The summed E-state index contributed by atoms with van der Waals surface area (Å²) in [6, 6.07) is 1.12. The summed E-state index contributed by atoms with van der Waals surface area (Å²) in [6.45, 7) is -2.76. The molecule has 0 bridgehead atoms. The molecule has 1 aromatic carbocycles. The van der Waals surface area contributed by atoms with Gasteiger partial charge in [0.1, 0.15) is 6.61 Å². The third-order valence-electron chi connectivity index (χ3n) is 2.02. The Morgan fingerprint density at radius 2 is 1.83 bits per heavy atom. The molecule has 18 heavy (non-hydrogen) atoms. The van der Waals surface area contributed by atoms with Crippen LogP contribution in [-0.4, -0.2) is 30.1 Å². The highest BCUT2D eigenvalue weighted by Crippen LogP contribution is 2.16. The molecular weight excluding hydrogens is 261 g/mol. The zero-order valence-corrected chi connectivity index (χ0v) is 8.81. The molecule has 0 unspecified atom stereocenters. The smallest absolute Gasteiger partial charge is 0.287 e. The van der Waals surface area contributed by atoms with E-state index in [1.54, 1.807) is 5.32 Å². The Balaban J connectivity index is 2.83. The summed E-state index contributed by atoms with van der Waals surface area (Å²) in [4.78, 5) is 11.2. The van der Waals surface area contributed by atoms with Crippen molar-refractivity contribution in [2.24, 2.45) is 0 Å². The molecule has 0 aliphatic carbocycles. The van der Waals surface area contributed by atoms with Gasteiger partial charge in [-0.15, -0.1) is 0 Å². The quantitative estimate of drug-likeness (QED) is 0.642. The minimum Gasteiger partial charge on any atom is -0.390 e. The number of amides is 1. The lowest BCUT2D eigenvalue weighted by Crippen LogP contribution is -2.39. The van der Waals surface area contributed by atoms with Crippen molar-refractivity contribution in [2.75, 3.05) is 13.2 Å². The number of hydrogen-bond acceptors (Lipinski definition) is 2. The number of alkyl halides is 2. The van der Waals surface area contributed by atoms with Gasteiger partial charge < -0.3 is 10.4 Å². The van der Waals surface area contributed by atoms with Gasteiger partial charge in [0.05, 0.1) is 12.1 Å². The van der Waals surface area contributed by atoms with Crippen LogP contribution in [0, 0.1) is 17.5 Å². The van der Waals surface area contributed by atoms with Gasteiger partial charge in [0.2, 0.25) is 0 Å². The van der Waals surface area contributed by atoms with Crippen LogP contribution in [-0.2, 0) is 0 Å².